The van der Waals surface area contributed by atoms with Crippen molar-refractivity contribution < 1.29 is 9.52 Å². The number of aliphatic hydroxyl groups excluding tert-OH is 1. The smallest absolute Gasteiger partial charge is 0.117 e. The molecule has 1 saturated carbocycles. The monoisotopic (exact) mass is 265 g/mol. The number of hydrogen-bond acceptors (Lipinski definition) is 3. The number of hydrogen-bond donors (Lipinski definition) is 2. The number of furan rings is 1. The predicted octanol–water partition coefficient (Wildman–Crippen LogP) is 3.29. The molecule has 1 aliphatic rings. The second kappa shape index (κ2) is 7.11. The molecular weight excluding hydrogens is 238 g/mol. The first-order valence-corrected chi connectivity index (χ1v) is 7.64. The van der Waals surface area contributed by atoms with E-state index in [-0.39, 0.29) is 6.61 Å². The molecule has 1 fully saturated rings. The van der Waals surface area contributed by atoms with Gasteiger partial charge in [-0.05, 0) is 49.8 Å². The van der Waals surface area contributed by atoms with E-state index < -0.39 is 0 Å². The standard InChI is InChI=1S/C16H27NO2/c1-3-4-13(7-8-18)10-17-11-14-5-6-16(19-14)15-9-12(15)2/h5-6,12-13,15,17-18H,3-4,7-11H2,1-2H3. The summed E-state index contributed by atoms with van der Waals surface area (Å²) in [5.74, 6) is 4.23. The molecule has 0 saturated heterocycles. The summed E-state index contributed by atoms with van der Waals surface area (Å²) >= 11 is 0. The zero-order chi connectivity index (χ0) is 13.7. The zero-order valence-corrected chi connectivity index (χ0v) is 12.2. The Morgan fingerprint density at radius 3 is 2.84 bits per heavy atom. The fourth-order valence-electron chi connectivity index (χ4n) is 2.75. The summed E-state index contributed by atoms with van der Waals surface area (Å²) in [5.41, 5.74) is 0. The molecule has 3 unspecified atom stereocenters. The molecule has 1 heterocycles. The van der Waals surface area contributed by atoms with Gasteiger partial charge in [0.2, 0.25) is 0 Å². The highest BCUT2D eigenvalue weighted by Crippen LogP contribution is 2.47. The van der Waals surface area contributed by atoms with Gasteiger partial charge in [0.1, 0.15) is 11.5 Å². The number of aliphatic hydroxyl groups is 1. The minimum atomic E-state index is 0.289. The summed E-state index contributed by atoms with van der Waals surface area (Å²) in [6.07, 6.45) is 4.52. The Bertz CT molecular complexity index is 369. The number of nitrogens with one attached hydrogen (secondary N) is 1. The Morgan fingerprint density at radius 1 is 1.42 bits per heavy atom. The molecular formula is C16H27NO2. The molecule has 3 nitrogen and oxygen atoms in total. The van der Waals surface area contributed by atoms with Crippen LogP contribution < -0.4 is 5.32 Å². The molecule has 0 aromatic carbocycles. The molecule has 2 rings (SSSR count). The second-order valence-corrected chi connectivity index (χ2v) is 5.92. The summed E-state index contributed by atoms with van der Waals surface area (Å²) in [5, 5.41) is 12.5. The van der Waals surface area contributed by atoms with Crippen LogP contribution in [0.4, 0.5) is 0 Å². The first-order chi connectivity index (χ1) is 9.24. The van der Waals surface area contributed by atoms with E-state index in [0.29, 0.717) is 11.8 Å². The van der Waals surface area contributed by atoms with Crippen molar-refractivity contribution >= 4 is 0 Å². The first kappa shape index (κ1) is 14.6. The maximum Gasteiger partial charge on any atom is 0.117 e. The van der Waals surface area contributed by atoms with Crippen molar-refractivity contribution in [1.82, 2.24) is 5.32 Å². The van der Waals surface area contributed by atoms with Gasteiger partial charge in [0.25, 0.3) is 0 Å². The highest BCUT2D eigenvalue weighted by molar-refractivity contribution is 5.17. The van der Waals surface area contributed by atoms with Crippen molar-refractivity contribution in [2.24, 2.45) is 11.8 Å². The normalized spacial score (nSPS) is 23.5. The maximum atomic E-state index is 9.03. The molecule has 0 amide bonds. The van der Waals surface area contributed by atoms with Gasteiger partial charge in [-0.15, -0.1) is 0 Å². The third-order valence-corrected chi connectivity index (χ3v) is 4.12. The minimum absolute atomic E-state index is 0.289. The Labute approximate surface area is 116 Å². The van der Waals surface area contributed by atoms with Crippen molar-refractivity contribution in [3.05, 3.63) is 23.7 Å². The minimum Gasteiger partial charge on any atom is -0.464 e. The van der Waals surface area contributed by atoms with Crippen LogP contribution in [0.1, 0.15) is 57.0 Å². The third kappa shape index (κ3) is 4.36. The summed E-state index contributed by atoms with van der Waals surface area (Å²) in [6.45, 7) is 6.52. The quantitative estimate of drug-likeness (QED) is 0.720. The molecule has 0 aliphatic heterocycles. The van der Waals surface area contributed by atoms with Gasteiger partial charge >= 0.3 is 0 Å². The second-order valence-electron chi connectivity index (χ2n) is 5.92. The number of rotatable bonds is 9. The molecule has 108 valence electrons. The molecule has 0 radical (unpaired) electrons. The van der Waals surface area contributed by atoms with Gasteiger partial charge in [-0.1, -0.05) is 20.3 Å². The summed E-state index contributed by atoms with van der Waals surface area (Å²) in [7, 11) is 0. The molecule has 1 aliphatic carbocycles. The van der Waals surface area contributed by atoms with Crippen LogP contribution in [-0.4, -0.2) is 18.3 Å². The van der Waals surface area contributed by atoms with Gasteiger partial charge in [0, 0.05) is 12.5 Å². The fourth-order valence-corrected chi connectivity index (χ4v) is 2.75. The van der Waals surface area contributed by atoms with Crippen LogP contribution in [-0.2, 0) is 6.54 Å². The highest BCUT2D eigenvalue weighted by atomic mass is 16.3. The summed E-state index contributed by atoms with van der Waals surface area (Å²) in [4.78, 5) is 0. The zero-order valence-electron chi connectivity index (χ0n) is 12.2. The van der Waals surface area contributed by atoms with Crippen LogP contribution in [0.25, 0.3) is 0 Å². The molecule has 0 bridgehead atoms. The first-order valence-electron chi connectivity index (χ1n) is 7.64. The van der Waals surface area contributed by atoms with E-state index in [4.69, 9.17) is 9.52 Å². The van der Waals surface area contributed by atoms with Crippen LogP contribution >= 0.6 is 0 Å². The highest BCUT2D eigenvalue weighted by Gasteiger charge is 2.36. The van der Waals surface area contributed by atoms with Crippen LogP contribution in [0, 0.1) is 11.8 Å². The Balaban J connectivity index is 1.71. The van der Waals surface area contributed by atoms with Crippen LogP contribution in [0.5, 0.6) is 0 Å². The van der Waals surface area contributed by atoms with E-state index in [2.05, 4.69) is 31.3 Å². The summed E-state index contributed by atoms with van der Waals surface area (Å²) < 4.78 is 5.87. The average molecular weight is 265 g/mol. The Hall–Kier alpha value is -0.800. The lowest BCUT2D eigenvalue weighted by Gasteiger charge is -2.15. The van der Waals surface area contributed by atoms with Gasteiger partial charge in [-0.2, -0.15) is 0 Å². The third-order valence-electron chi connectivity index (χ3n) is 4.12. The van der Waals surface area contributed by atoms with E-state index >= 15 is 0 Å². The molecule has 2 N–H and O–H groups in total. The van der Waals surface area contributed by atoms with Gasteiger partial charge in [-0.25, -0.2) is 0 Å². The topological polar surface area (TPSA) is 45.4 Å². The van der Waals surface area contributed by atoms with E-state index in [0.717, 1.165) is 36.9 Å². The van der Waals surface area contributed by atoms with Crippen LogP contribution in [0.15, 0.2) is 16.5 Å². The van der Waals surface area contributed by atoms with E-state index in [1.54, 1.807) is 0 Å². The Kier molecular flexibility index (Phi) is 5.46. The average Bonchev–Trinajstić information content (AvgIpc) is 2.93. The van der Waals surface area contributed by atoms with Gasteiger partial charge < -0.3 is 14.8 Å². The molecule has 1 aromatic heterocycles. The van der Waals surface area contributed by atoms with E-state index in [1.807, 2.05) is 0 Å². The van der Waals surface area contributed by atoms with Gasteiger partial charge in [0.05, 0.1) is 6.54 Å². The largest absolute Gasteiger partial charge is 0.464 e. The van der Waals surface area contributed by atoms with Gasteiger partial charge in [-0.3, -0.25) is 0 Å². The molecule has 0 spiro atoms. The molecule has 3 atom stereocenters. The van der Waals surface area contributed by atoms with E-state index in [9.17, 15) is 0 Å². The van der Waals surface area contributed by atoms with Crippen molar-refractivity contribution in [3.63, 3.8) is 0 Å². The lowest BCUT2D eigenvalue weighted by molar-refractivity contribution is 0.247. The molecule has 19 heavy (non-hydrogen) atoms. The molecule has 1 aromatic rings. The lowest BCUT2D eigenvalue weighted by atomic mass is 10.0. The van der Waals surface area contributed by atoms with Crippen LogP contribution in [0.2, 0.25) is 0 Å². The maximum absolute atomic E-state index is 9.03. The van der Waals surface area contributed by atoms with Crippen molar-refractivity contribution in [1.29, 1.82) is 0 Å². The van der Waals surface area contributed by atoms with Crippen molar-refractivity contribution in [3.8, 4) is 0 Å². The SMILES string of the molecule is CCCC(CCO)CNCc1ccc(C2CC2C)o1. The summed E-state index contributed by atoms with van der Waals surface area (Å²) in [6, 6.07) is 4.22. The lowest BCUT2D eigenvalue weighted by Crippen LogP contribution is -2.23. The van der Waals surface area contributed by atoms with Gasteiger partial charge in [0.15, 0.2) is 0 Å². The van der Waals surface area contributed by atoms with E-state index in [1.165, 1.54) is 19.3 Å². The Morgan fingerprint density at radius 2 is 2.21 bits per heavy atom. The predicted molar refractivity (Wildman–Crippen MR) is 77.0 cm³/mol. The molecule has 3 heteroatoms. The van der Waals surface area contributed by atoms with Crippen molar-refractivity contribution in [2.45, 2.75) is 52.0 Å². The fraction of sp³-hybridized carbons (Fsp3) is 0.750. The van der Waals surface area contributed by atoms with Crippen molar-refractivity contribution in [2.75, 3.05) is 13.2 Å². The van der Waals surface area contributed by atoms with Crippen LogP contribution in [0.3, 0.4) is 0 Å².